The molecule has 82 valence electrons. The van der Waals surface area contributed by atoms with Gasteiger partial charge in [0, 0.05) is 5.56 Å². The van der Waals surface area contributed by atoms with Crippen molar-refractivity contribution in [2.45, 2.75) is 6.18 Å². The molecule has 0 bridgehead atoms. The summed E-state index contributed by atoms with van der Waals surface area (Å²) in [5.74, 6) is -1.32. The molecule has 0 saturated heterocycles. The molecule has 0 aliphatic carbocycles. The highest BCUT2D eigenvalue weighted by Gasteiger charge is 2.34. The molecule has 0 fully saturated rings. The van der Waals surface area contributed by atoms with E-state index in [4.69, 9.17) is 5.11 Å². The molecule has 1 rings (SSSR count). The number of rotatable bonds is 2. The van der Waals surface area contributed by atoms with Crippen LogP contribution in [0.1, 0.15) is 11.1 Å². The molecule has 0 atom stereocenters. The van der Waals surface area contributed by atoms with Crippen molar-refractivity contribution in [2.75, 3.05) is 6.61 Å². The van der Waals surface area contributed by atoms with Crippen molar-refractivity contribution in [3.63, 3.8) is 0 Å². The van der Waals surface area contributed by atoms with Crippen LogP contribution in [0.4, 0.5) is 17.6 Å². The van der Waals surface area contributed by atoms with Crippen molar-refractivity contribution in [1.29, 1.82) is 0 Å². The molecule has 0 unspecified atom stereocenters. The number of aliphatic hydroxyl groups is 1. The fraction of sp³-hybridized carbons (Fsp3) is 0.200. The van der Waals surface area contributed by atoms with Gasteiger partial charge in [-0.2, -0.15) is 13.2 Å². The average molecular weight is 220 g/mol. The summed E-state index contributed by atoms with van der Waals surface area (Å²) in [5, 5.41) is 8.42. The molecule has 0 aliphatic rings. The zero-order valence-corrected chi connectivity index (χ0v) is 7.55. The summed E-state index contributed by atoms with van der Waals surface area (Å²) in [6, 6.07) is 2.99. The van der Waals surface area contributed by atoms with E-state index in [1.807, 2.05) is 0 Å². The monoisotopic (exact) mass is 220 g/mol. The number of benzene rings is 1. The second kappa shape index (κ2) is 4.44. The van der Waals surface area contributed by atoms with Crippen LogP contribution in [0, 0.1) is 5.82 Å². The second-order valence-electron chi connectivity index (χ2n) is 2.79. The fourth-order valence-corrected chi connectivity index (χ4v) is 1.08. The van der Waals surface area contributed by atoms with Crippen LogP contribution in [0.25, 0.3) is 6.08 Å². The van der Waals surface area contributed by atoms with Crippen LogP contribution in [-0.2, 0) is 6.18 Å². The quantitative estimate of drug-likeness (QED) is 0.760. The predicted octanol–water partition coefficient (Wildman–Crippen LogP) is 2.85. The third kappa shape index (κ3) is 2.79. The normalized spacial score (nSPS) is 12.3. The Morgan fingerprint density at radius 1 is 1.27 bits per heavy atom. The summed E-state index contributed by atoms with van der Waals surface area (Å²) in [5.41, 5.74) is -1.50. The standard InChI is InChI=1S/C10H8F4O/c11-9-7(4-2-6-15)3-1-5-8(9)10(12,13)14/h1-5,15H,6H2/b4-2+. The zero-order valence-electron chi connectivity index (χ0n) is 7.55. The van der Waals surface area contributed by atoms with E-state index in [1.165, 1.54) is 12.1 Å². The molecule has 1 aromatic carbocycles. The maximum atomic E-state index is 13.2. The molecule has 0 heterocycles. The van der Waals surface area contributed by atoms with Crippen molar-refractivity contribution in [3.8, 4) is 0 Å². The van der Waals surface area contributed by atoms with Crippen LogP contribution < -0.4 is 0 Å². The van der Waals surface area contributed by atoms with Crippen molar-refractivity contribution in [2.24, 2.45) is 0 Å². The Hall–Kier alpha value is -1.36. The minimum atomic E-state index is -4.70. The molecule has 0 radical (unpaired) electrons. The van der Waals surface area contributed by atoms with Gasteiger partial charge in [-0.05, 0) is 6.07 Å². The van der Waals surface area contributed by atoms with E-state index in [-0.39, 0.29) is 12.2 Å². The van der Waals surface area contributed by atoms with Crippen LogP contribution in [0.15, 0.2) is 24.3 Å². The molecule has 0 amide bonds. The molecular formula is C10H8F4O. The topological polar surface area (TPSA) is 20.2 Å². The molecule has 0 spiro atoms. The summed E-state index contributed by atoms with van der Waals surface area (Å²) >= 11 is 0. The lowest BCUT2D eigenvalue weighted by atomic mass is 10.1. The van der Waals surface area contributed by atoms with Crippen molar-refractivity contribution < 1.29 is 22.7 Å². The molecule has 0 aromatic heterocycles. The first-order valence-electron chi connectivity index (χ1n) is 4.10. The van der Waals surface area contributed by atoms with E-state index in [2.05, 4.69) is 0 Å². The molecule has 5 heteroatoms. The van der Waals surface area contributed by atoms with Gasteiger partial charge in [-0.1, -0.05) is 24.3 Å². The van der Waals surface area contributed by atoms with Gasteiger partial charge in [0.1, 0.15) is 5.82 Å². The Kier molecular flexibility index (Phi) is 3.47. The summed E-state index contributed by atoms with van der Waals surface area (Å²) < 4.78 is 50.0. The number of aliphatic hydroxyl groups excluding tert-OH is 1. The Morgan fingerprint density at radius 3 is 2.47 bits per heavy atom. The molecule has 1 aromatic rings. The van der Waals surface area contributed by atoms with Gasteiger partial charge in [0.25, 0.3) is 0 Å². The third-order valence-electron chi connectivity index (χ3n) is 1.74. The van der Waals surface area contributed by atoms with E-state index < -0.39 is 17.6 Å². The molecule has 0 aliphatic heterocycles. The van der Waals surface area contributed by atoms with Crippen LogP contribution in [0.5, 0.6) is 0 Å². The van der Waals surface area contributed by atoms with Crippen LogP contribution in [0.2, 0.25) is 0 Å². The highest BCUT2D eigenvalue weighted by Crippen LogP contribution is 2.32. The van der Waals surface area contributed by atoms with Crippen LogP contribution in [0.3, 0.4) is 0 Å². The van der Waals surface area contributed by atoms with Gasteiger partial charge in [-0.15, -0.1) is 0 Å². The highest BCUT2D eigenvalue weighted by atomic mass is 19.4. The Bertz CT molecular complexity index is 368. The van der Waals surface area contributed by atoms with E-state index in [9.17, 15) is 17.6 Å². The fourth-order valence-electron chi connectivity index (χ4n) is 1.08. The Morgan fingerprint density at radius 2 is 1.93 bits per heavy atom. The minimum absolute atomic E-state index is 0.195. The van der Waals surface area contributed by atoms with Gasteiger partial charge in [-0.3, -0.25) is 0 Å². The molecule has 15 heavy (non-hydrogen) atoms. The lowest BCUT2D eigenvalue weighted by molar-refractivity contribution is -0.140. The van der Waals surface area contributed by atoms with E-state index >= 15 is 0 Å². The Balaban J connectivity index is 3.17. The first-order chi connectivity index (χ1) is 6.96. The van der Waals surface area contributed by atoms with Crippen molar-refractivity contribution in [1.82, 2.24) is 0 Å². The SMILES string of the molecule is OC/C=C/c1cccc(C(F)(F)F)c1F. The van der Waals surface area contributed by atoms with Gasteiger partial charge in [-0.25, -0.2) is 4.39 Å². The lowest BCUT2D eigenvalue weighted by Crippen LogP contribution is -2.08. The zero-order chi connectivity index (χ0) is 11.5. The molecular weight excluding hydrogens is 212 g/mol. The Labute approximate surface area is 83.7 Å². The minimum Gasteiger partial charge on any atom is -0.392 e. The van der Waals surface area contributed by atoms with Crippen molar-refractivity contribution >= 4 is 6.08 Å². The van der Waals surface area contributed by atoms with E-state index in [0.29, 0.717) is 6.07 Å². The van der Waals surface area contributed by atoms with Gasteiger partial charge >= 0.3 is 6.18 Å². The van der Waals surface area contributed by atoms with Gasteiger partial charge in [0.15, 0.2) is 0 Å². The molecule has 1 nitrogen and oxygen atoms in total. The van der Waals surface area contributed by atoms with Crippen molar-refractivity contribution in [3.05, 3.63) is 41.2 Å². The number of hydrogen-bond acceptors (Lipinski definition) is 1. The number of hydrogen-bond donors (Lipinski definition) is 1. The van der Waals surface area contributed by atoms with E-state index in [0.717, 1.165) is 12.1 Å². The first kappa shape index (κ1) is 11.7. The van der Waals surface area contributed by atoms with Gasteiger partial charge < -0.3 is 5.11 Å². The summed E-state index contributed by atoms with van der Waals surface area (Å²) in [6.07, 6.45) is -2.43. The largest absolute Gasteiger partial charge is 0.419 e. The molecule has 0 saturated carbocycles. The smallest absolute Gasteiger partial charge is 0.392 e. The summed E-state index contributed by atoms with van der Waals surface area (Å²) in [7, 11) is 0. The highest BCUT2D eigenvalue weighted by molar-refractivity contribution is 5.51. The summed E-state index contributed by atoms with van der Waals surface area (Å²) in [4.78, 5) is 0. The number of alkyl halides is 3. The predicted molar refractivity (Wildman–Crippen MR) is 47.5 cm³/mol. The molecule has 1 N–H and O–H groups in total. The third-order valence-corrected chi connectivity index (χ3v) is 1.74. The average Bonchev–Trinajstić information content (AvgIpc) is 2.14. The number of halogens is 4. The maximum Gasteiger partial charge on any atom is 0.419 e. The second-order valence-corrected chi connectivity index (χ2v) is 2.79. The van der Waals surface area contributed by atoms with Crippen LogP contribution >= 0.6 is 0 Å². The first-order valence-corrected chi connectivity index (χ1v) is 4.10. The van der Waals surface area contributed by atoms with E-state index in [1.54, 1.807) is 0 Å². The maximum absolute atomic E-state index is 13.2. The van der Waals surface area contributed by atoms with Gasteiger partial charge in [0.05, 0.1) is 12.2 Å². The van der Waals surface area contributed by atoms with Crippen LogP contribution in [-0.4, -0.2) is 11.7 Å². The van der Waals surface area contributed by atoms with Gasteiger partial charge in [0.2, 0.25) is 0 Å². The summed E-state index contributed by atoms with van der Waals surface area (Å²) in [6.45, 7) is -0.352. The lowest BCUT2D eigenvalue weighted by Gasteiger charge is -2.08.